The highest BCUT2D eigenvalue weighted by Gasteiger charge is 2.24. The average molecular weight is 507 g/mol. The zero-order valence-electron chi connectivity index (χ0n) is 16.9. The Morgan fingerprint density at radius 3 is 2.52 bits per heavy atom. The molecule has 10 heteroatoms. The van der Waals surface area contributed by atoms with Gasteiger partial charge in [0.25, 0.3) is 5.91 Å². The smallest absolute Gasteiger partial charge is 0.343 e. The van der Waals surface area contributed by atoms with Crippen molar-refractivity contribution in [2.75, 3.05) is 27.9 Å². The van der Waals surface area contributed by atoms with Crippen molar-refractivity contribution in [3.05, 3.63) is 51.3 Å². The number of ether oxygens (including phenoxy) is 4. The topological polar surface area (TPSA) is 95.5 Å². The van der Waals surface area contributed by atoms with Crippen LogP contribution in [0.25, 0.3) is 6.08 Å². The first-order valence-corrected chi connectivity index (χ1v) is 10.5. The SMILES string of the molecule is COC(=O)COc1cc(Br)c(/C=C2/SC(=Nc3ccc(OC)cc3)NC2=O)cc1OC. The lowest BCUT2D eigenvalue weighted by atomic mass is 10.2. The standard InChI is InChI=1S/C21H19BrN2O6S/c1-27-14-6-4-13(5-7-14)23-21-24-20(26)18(31-21)9-12-8-16(28-2)17(10-15(12)22)30-11-19(25)29-3/h4-10H,11H2,1-3H3,(H,23,24,26)/b18-9+. The Labute approximate surface area is 191 Å². The van der Waals surface area contributed by atoms with Crippen molar-refractivity contribution in [1.82, 2.24) is 5.32 Å². The van der Waals surface area contributed by atoms with E-state index in [1.165, 1.54) is 26.0 Å². The van der Waals surface area contributed by atoms with Crippen molar-refractivity contribution in [3.63, 3.8) is 0 Å². The summed E-state index contributed by atoms with van der Waals surface area (Å²) in [5, 5.41) is 3.23. The van der Waals surface area contributed by atoms with Gasteiger partial charge in [0, 0.05) is 4.47 Å². The highest BCUT2D eigenvalue weighted by Crippen LogP contribution is 2.36. The molecule has 2 aromatic carbocycles. The fourth-order valence-electron chi connectivity index (χ4n) is 2.53. The second-order valence-corrected chi connectivity index (χ2v) is 7.95. The van der Waals surface area contributed by atoms with Crippen LogP contribution in [0.15, 0.2) is 50.8 Å². The van der Waals surface area contributed by atoms with E-state index in [1.54, 1.807) is 49.6 Å². The zero-order chi connectivity index (χ0) is 22.4. The molecular weight excluding hydrogens is 488 g/mol. The van der Waals surface area contributed by atoms with E-state index in [0.717, 1.165) is 5.75 Å². The molecule has 0 aromatic heterocycles. The lowest BCUT2D eigenvalue weighted by Gasteiger charge is -2.12. The van der Waals surface area contributed by atoms with Gasteiger partial charge >= 0.3 is 5.97 Å². The minimum absolute atomic E-state index is 0.247. The number of hydrogen-bond donors (Lipinski definition) is 1. The van der Waals surface area contributed by atoms with Crippen molar-refractivity contribution >= 4 is 56.5 Å². The first kappa shape index (κ1) is 22.7. The maximum absolute atomic E-state index is 12.4. The molecular formula is C21H19BrN2O6S. The molecule has 0 atom stereocenters. The van der Waals surface area contributed by atoms with Crippen LogP contribution in [0.5, 0.6) is 17.2 Å². The van der Waals surface area contributed by atoms with Gasteiger partial charge in [-0.05, 0) is 59.8 Å². The van der Waals surface area contributed by atoms with E-state index in [2.05, 4.69) is 31.0 Å². The number of rotatable bonds is 7. The maximum Gasteiger partial charge on any atom is 0.343 e. The molecule has 0 spiro atoms. The van der Waals surface area contributed by atoms with Crippen molar-refractivity contribution in [2.24, 2.45) is 4.99 Å². The predicted octanol–water partition coefficient (Wildman–Crippen LogP) is 3.91. The number of carbonyl (C=O) groups is 2. The molecule has 8 nitrogen and oxygen atoms in total. The van der Waals surface area contributed by atoms with Gasteiger partial charge in [0.15, 0.2) is 23.3 Å². The fraction of sp³-hybridized carbons (Fsp3) is 0.190. The second-order valence-electron chi connectivity index (χ2n) is 6.07. The number of halogens is 1. The first-order chi connectivity index (χ1) is 14.9. The molecule has 0 aliphatic carbocycles. The number of esters is 1. The predicted molar refractivity (Wildman–Crippen MR) is 122 cm³/mol. The van der Waals surface area contributed by atoms with Crippen LogP contribution in [0, 0.1) is 0 Å². The molecule has 162 valence electrons. The van der Waals surface area contributed by atoms with Gasteiger partial charge in [-0.3, -0.25) is 4.79 Å². The van der Waals surface area contributed by atoms with E-state index in [9.17, 15) is 9.59 Å². The first-order valence-electron chi connectivity index (χ1n) is 8.94. The van der Waals surface area contributed by atoms with Crippen LogP contribution in [-0.2, 0) is 14.3 Å². The molecule has 1 aliphatic rings. The van der Waals surface area contributed by atoms with E-state index in [-0.39, 0.29) is 12.5 Å². The van der Waals surface area contributed by atoms with Crippen LogP contribution in [0.2, 0.25) is 0 Å². The Bertz CT molecular complexity index is 1050. The number of hydrogen-bond acceptors (Lipinski definition) is 8. The number of nitrogens with zero attached hydrogens (tertiary/aromatic N) is 1. The quantitative estimate of drug-likeness (QED) is 0.449. The molecule has 0 bridgehead atoms. The summed E-state index contributed by atoms with van der Waals surface area (Å²) in [6.07, 6.45) is 1.72. The molecule has 1 amide bonds. The number of amides is 1. The van der Waals surface area contributed by atoms with E-state index in [4.69, 9.17) is 14.2 Å². The zero-order valence-corrected chi connectivity index (χ0v) is 19.3. The van der Waals surface area contributed by atoms with E-state index >= 15 is 0 Å². The Hall–Kier alpha value is -2.98. The normalized spacial score (nSPS) is 15.7. The van der Waals surface area contributed by atoms with Crippen molar-refractivity contribution in [3.8, 4) is 17.2 Å². The van der Waals surface area contributed by atoms with Crippen LogP contribution in [-0.4, -0.2) is 45.0 Å². The van der Waals surface area contributed by atoms with Crippen LogP contribution in [0.1, 0.15) is 5.56 Å². The lowest BCUT2D eigenvalue weighted by molar-refractivity contribution is -0.142. The highest BCUT2D eigenvalue weighted by atomic mass is 79.9. The van der Waals surface area contributed by atoms with Gasteiger partial charge in [-0.2, -0.15) is 0 Å². The number of nitrogens with one attached hydrogen (secondary N) is 1. The fourth-order valence-corrected chi connectivity index (χ4v) is 3.79. The second kappa shape index (κ2) is 10.4. The summed E-state index contributed by atoms with van der Waals surface area (Å²) in [6.45, 7) is -0.247. The summed E-state index contributed by atoms with van der Waals surface area (Å²) in [5.41, 5.74) is 1.39. The summed E-state index contributed by atoms with van der Waals surface area (Å²) >= 11 is 4.69. The van der Waals surface area contributed by atoms with Crippen LogP contribution < -0.4 is 19.5 Å². The third kappa shape index (κ3) is 5.80. The number of carbonyl (C=O) groups excluding carboxylic acids is 2. The van der Waals surface area contributed by atoms with Gasteiger partial charge in [-0.25, -0.2) is 9.79 Å². The molecule has 0 radical (unpaired) electrons. The Kier molecular flexibility index (Phi) is 7.59. The largest absolute Gasteiger partial charge is 0.497 e. The van der Waals surface area contributed by atoms with Gasteiger partial charge in [0.1, 0.15) is 5.75 Å². The lowest BCUT2D eigenvalue weighted by Crippen LogP contribution is -2.19. The molecule has 1 N–H and O–H groups in total. The molecule has 3 rings (SSSR count). The number of methoxy groups -OCH3 is 3. The van der Waals surface area contributed by atoms with Crippen LogP contribution in [0.4, 0.5) is 5.69 Å². The molecule has 2 aromatic rings. The average Bonchev–Trinajstić information content (AvgIpc) is 3.12. The van der Waals surface area contributed by atoms with Gasteiger partial charge < -0.3 is 24.3 Å². The monoisotopic (exact) mass is 506 g/mol. The highest BCUT2D eigenvalue weighted by molar-refractivity contribution is 9.10. The van der Waals surface area contributed by atoms with Crippen molar-refractivity contribution in [2.45, 2.75) is 0 Å². The minimum Gasteiger partial charge on any atom is -0.497 e. The molecule has 1 saturated heterocycles. The maximum atomic E-state index is 12.4. The Balaban J connectivity index is 1.81. The number of thioether (sulfide) groups is 1. The van der Waals surface area contributed by atoms with E-state index < -0.39 is 5.97 Å². The van der Waals surface area contributed by atoms with E-state index in [0.29, 0.717) is 37.3 Å². The molecule has 1 aliphatic heterocycles. The summed E-state index contributed by atoms with van der Waals surface area (Å²) in [5.74, 6) is 0.744. The van der Waals surface area contributed by atoms with Crippen molar-refractivity contribution in [1.29, 1.82) is 0 Å². The Morgan fingerprint density at radius 2 is 1.87 bits per heavy atom. The van der Waals surface area contributed by atoms with Gasteiger partial charge in [0.05, 0.1) is 31.9 Å². The Morgan fingerprint density at radius 1 is 1.13 bits per heavy atom. The van der Waals surface area contributed by atoms with Crippen LogP contribution in [0.3, 0.4) is 0 Å². The molecule has 1 heterocycles. The molecule has 0 unspecified atom stereocenters. The number of aliphatic imine (C=N–C) groups is 1. The summed E-state index contributed by atoms with van der Waals surface area (Å²) in [7, 11) is 4.36. The third-order valence-electron chi connectivity index (χ3n) is 4.10. The molecule has 0 saturated carbocycles. The summed E-state index contributed by atoms with van der Waals surface area (Å²) in [4.78, 5) is 28.6. The van der Waals surface area contributed by atoms with Gasteiger partial charge in [0.2, 0.25) is 0 Å². The summed E-state index contributed by atoms with van der Waals surface area (Å²) < 4.78 is 21.2. The van der Waals surface area contributed by atoms with E-state index in [1.807, 2.05) is 0 Å². The van der Waals surface area contributed by atoms with Crippen molar-refractivity contribution < 1.29 is 28.5 Å². The van der Waals surface area contributed by atoms with Gasteiger partial charge in [-0.15, -0.1) is 0 Å². The molecule has 1 fully saturated rings. The number of amidine groups is 1. The van der Waals surface area contributed by atoms with Gasteiger partial charge in [-0.1, -0.05) is 15.9 Å². The number of benzene rings is 2. The third-order valence-corrected chi connectivity index (χ3v) is 5.69. The minimum atomic E-state index is -0.507. The summed E-state index contributed by atoms with van der Waals surface area (Å²) in [6, 6.07) is 10.6. The van der Waals surface area contributed by atoms with Crippen LogP contribution >= 0.6 is 27.7 Å². The molecule has 31 heavy (non-hydrogen) atoms.